The molecule has 0 saturated heterocycles. The van der Waals surface area contributed by atoms with Crippen molar-refractivity contribution in [1.29, 1.82) is 0 Å². The van der Waals surface area contributed by atoms with Crippen molar-refractivity contribution < 1.29 is 14.3 Å². The van der Waals surface area contributed by atoms with Crippen molar-refractivity contribution in [2.24, 2.45) is 4.99 Å². The molecule has 0 radical (unpaired) electrons. The molecule has 0 spiro atoms. The highest BCUT2D eigenvalue weighted by Gasteiger charge is 2.04. The van der Waals surface area contributed by atoms with E-state index in [1.165, 1.54) is 14.0 Å². The Morgan fingerprint density at radius 3 is 2.36 bits per heavy atom. The lowest BCUT2D eigenvalue weighted by atomic mass is 10.2. The van der Waals surface area contributed by atoms with E-state index in [2.05, 4.69) is 9.73 Å². The minimum Gasteiger partial charge on any atom is -0.451 e. The molecule has 1 amide bonds. The fourth-order valence-electron chi connectivity index (χ4n) is 0.501. The van der Waals surface area contributed by atoms with Crippen molar-refractivity contribution in [3.05, 3.63) is 0 Å². The van der Waals surface area contributed by atoms with Gasteiger partial charge in [0.05, 0.1) is 12.8 Å². The number of methoxy groups -OCH3 is 1. The summed E-state index contributed by atoms with van der Waals surface area (Å²) >= 11 is 0. The van der Waals surface area contributed by atoms with Crippen LogP contribution in [-0.2, 0) is 9.53 Å². The Kier molecular flexibility index (Phi) is 4.10. The van der Waals surface area contributed by atoms with E-state index in [9.17, 15) is 9.59 Å². The molecule has 4 nitrogen and oxygen atoms in total. The van der Waals surface area contributed by atoms with E-state index >= 15 is 0 Å². The summed E-state index contributed by atoms with van der Waals surface area (Å²) in [5.41, 5.74) is 0.194. The summed E-state index contributed by atoms with van der Waals surface area (Å²) in [6, 6.07) is 0. The first-order valence-corrected chi connectivity index (χ1v) is 3.28. The standard InChI is InChI=1S/C7H11NO3/c1-4-6(9)5(2)8-7(10)11-3/h4H2,1-3H3/b8-5+. The van der Waals surface area contributed by atoms with Crippen LogP contribution in [0.5, 0.6) is 0 Å². The van der Waals surface area contributed by atoms with Crippen molar-refractivity contribution in [1.82, 2.24) is 0 Å². The molecule has 0 aliphatic rings. The first-order valence-electron chi connectivity index (χ1n) is 3.28. The molecule has 0 aliphatic carbocycles. The maximum absolute atomic E-state index is 10.8. The van der Waals surface area contributed by atoms with Crippen LogP contribution in [0.25, 0.3) is 0 Å². The van der Waals surface area contributed by atoms with Gasteiger partial charge < -0.3 is 4.74 Å². The van der Waals surface area contributed by atoms with Gasteiger partial charge in [0, 0.05) is 6.42 Å². The second-order valence-electron chi connectivity index (χ2n) is 1.94. The van der Waals surface area contributed by atoms with Gasteiger partial charge in [-0.1, -0.05) is 6.92 Å². The van der Waals surface area contributed by atoms with Gasteiger partial charge in [0.25, 0.3) is 0 Å². The molecule has 0 aromatic rings. The first kappa shape index (κ1) is 9.81. The molecular formula is C7H11NO3. The smallest absolute Gasteiger partial charge is 0.433 e. The highest BCUT2D eigenvalue weighted by atomic mass is 16.5. The summed E-state index contributed by atoms with van der Waals surface area (Å²) in [5, 5.41) is 0. The highest BCUT2D eigenvalue weighted by molar-refractivity contribution is 6.40. The number of carbonyl (C=O) groups excluding carboxylic acids is 2. The van der Waals surface area contributed by atoms with Gasteiger partial charge in [0.15, 0.2) is 5.78 Å². The Morgan fingerprint density at radius 1 is 1.45 bits per heavy atom. The molecule has 0 unspecified atom stereocenters. The highest BCUT2D eigenvalue weighted by Crippen LogP contribution is 1.89. The third-order valence-corrected chi connectivity index (χ3v) is 1.16. The van der Waals surface area contributed by atoms with Crippen molar-refractivity contribution >= 4 is 17.6 Å². The number of rotatable bonds is 2. The third-order valence-electron chi connectivity index (χ3n) is 1.16. The Bertz CT molecular complexity index is 196. The van der Waals surface area contributed by atoms with Gasteiger partial charge in [0.2, 0.25) is 0 Å². The number of ether oxygens (including phenoxy) is 1. The van der Waals surface area contributed by atoms with E-state index in [1.54, 1.807) is 6.92 Å². The van der Waals surface area contributed by atoms with Gasteiger partial charge in [-0.2, -0.15) is 4.99 Å². The van der Waals surface area contributed by atoms with E-state index in [1.807, 2.05) is 0 Å². The summed E-state index contributed by atoms with van der Waals surface area (Å²) in [6.45, 7) is 3.20. The predicted molar refractivity (Wildman–Crippen MR) is 40.8 cm³/mol. The molecule has 0 bridgehead atoms. The van der Waals surface area contributed by atoms with Crippen LogP contribution in [0.1, 0.15) is 20.3 Å². The van der Waals surface area contributed by atoms with Crippen LogP contribution in [0, 0.1) is 0 Å². The average molecular weight is 157 g/mol. The van der Waals surface area contributed by atoms with Crippen LogP contribution in [0.15, 0.2) is 4.99 Å². The predicted octanol–water partition coefficient (Wildman–Crippen LogP) is 1.19. The molecule has 0 aliphatic heterocycles. The molecule has 0 aromatic heterocycles. The zero-order valence-corrected chi connectivity index (χ0v) is 6.88. The second-order valence-corrected chi connectivity index (χ2v) is 1.94. The maximum atomic E-state index is 10.8. The van der Waals surface area contributed by atoms with Gasteiger partial charge in [-0.05, 0) is 6.92 Å². The summed E-state index contributed by atoms with van der Waals surface area (Å²) in [6.07, 6.45) is -0.379. The fraction of sp³-hybridized carbons (Fsp3) is 0.571. The number of nitrogens with zero attached hydrogens (tertiary/aromatic N) is 1. The van der Waals surface area contributed by atoms with E-state index in [-0.39, 0.29) is 11.5 Å². The van der Waals surface area contributed by atoms with E-state index in [0.29, 0.717) is 6.42 Å². The Hall–Kier alpha value is -1.19. The topological polar surface area (TPSA) is 55.7 Å². The first-order chi connectivity index (χ1) is 5.11. The maximum Gasteiger partial charge on any atom is 0.433 e. The minimum absolute atomic E-state index is 0.143. The van der Waals surface area contributed by atoms with Crippen LogP contribution in [0.4, 0.5) is 4.79 Å². The minimum atomic E-state index is -0.732. The van der Waals surface area contributed by atoms with Crippen LogP contribution >= 0.6 is 0 Å². The molecule has 0 saturated carbocycles. The summed E-state index contributed by atoms with van der Waals surface area (Å²) in [4.78, 5) is 24.7. The largest absolute Gasteiger partial charge is 0.451 e. The van der Waals surface area contributed by atoms with Gasteiger partial charge in [-0.25, -0.2) is 4.79 Å². The lowest BCUT2D eigenvalue weighted by Crippen LogP contribution is -2.10. The monoisotopic (exact) mass is 157 g/mol. The number of carbonyl (C=O) groups is 2. The quantitative estimate of drug-likeness (QED) is 0.566. The molecule has 0 fully saturated rings. The summed E-state index contributed by atoms with van der Waals surface area (Å²) < 4.78 is 4.24. The average Bonchev–Trinajstić information content (AvgIpc) is 2.02. The number of Topliss-reactive ketones (excluding diaryl/α,β-unsaturated/α-hetero) is 1. The molecule has 4 heteroatoms. The van der Waals surface area contributed by atoms with Crippen molar-refractivity contribution in [3.8, 4) is 0 Å². The summed E-state index contributed by atoms with van der Waals surface area (Å²) in [5.74, 6) is -0.143. The Labute approximate surface area is 65.3 Å². The molecule has 11 heavy (non-hydrogen) atoms. The molecule has 0 N–H and O–H groups in total. The molecule has 0 heterocycles. The van der Waals surface area contributed by atoms with Gasteiger partial charge in [-0.15, -0.1) is 0 Å². The van der Waals surface area contributed by atoms with E-state index < -0.39 is 6.09 Å². The van der Waals surface area contributed by atoms with Crippen LogP contribution in [-0.4, -0.2) is 24.7 Å². The second kappa shape index (κ2) is 4.60. The zero-order valence-electron chi connectivity index (χ0n) is 6.88. The lowest BCUT2D eigenvalue weighted by molar-refractivity contribution is -0.112. The molecule has 62 valence electrons. The Balaban J connectivity index is 4.21. The van der Waals surface area contributed by atoms with Crippen LogP contribution < -0.4 is 0 Å². The number of amides is 1. The van der Waals surface area contributed by atoms with Crippen LogP contribution in [0.3, 0.4) is 0 Å². The van der Waals surface area contributed by atoms with Crippen molar-refractivity contribution in [3.63, 3.8) is 0 Å². The van der Waals surface area contributed by atoms with Gasteiger partial charge in [0.1, 0.15) is 0 Å². The molecule has 0 rings (SSSR count). The Morgan fingerprint density at radius 2 is 2.00 bits per heavy atom. The third kappa shape index (κ3) is 3.50. The molecule has 0 atom stereocenters. The number of ketones is 1. The molecule has 0 aromatic carbocycles. The van der Waals surface area contributed by atoms with Gasteiger partial charge in [-0.3, -0.25) is 4.79 Å². The van der Waals surface area contributed by atoms with Crippen molar-refractivity contribution in [2.45, 2.75) is 20.3 Å². The number of hydrogen-bond donors (Lipinski definition) is 0. The SMILES string of the molecule is CCC(=O)/C(C)=N/C(=O)OC. The lowest BCUT2D eigenvalue weighted by Gasteiger charge is -1.94. The van der Waals surface area contributed by atoms with Gasteiger partial charge >= 0.3 is 6.09 Å². The normalized spacial score (nSPS) is 11.0. The van der Waals surface area contributed by atoms with Crippen molar-refractivity contribution in [2.75, 3.05) is 7.11 Å². The van der Waals surface area contributed by atoms with E-state index in [0.717, 1.165) is 0 Å². The number of aliphatic imine (C=N–C) groups is 1. The fourth-order valence-corrected chi connectivity index (χ4v) is 0.501. The van der Waals surface area contributed by atoms with Crippen LogP contribution in [0.2, 0.25) is 0 Å². The zero-order chi connectivity index (χ0) is 8.85. The van der Waals surface area contributed by atoms with E-state index in [4.69, 9.17) is 0 Å². The molecular weight excluding hydrogens is 146 g/mol. The number of hydrogen-bond acceptors (Lipinski definition) is 3. The summed E-state index contributed by atoms with van der Waals surface area (Å²) in [7, 11) is 1.22.